The zero-order valence-electron chi connectivity index (χ0n) is 25.7. The summed E-state index contributed by atoms with van der Waals surface area (Å²) in [6.07, 6.45) is 0.360. The number of hydrogen-bond donors (Lipinski definition) is 2. The van der Waals surface area contributed by atoms with Crippen molar-refractivity contribution in [1.29, 1.82) is 0 Å². The summed E-state index contributed by atoms with van der Waals surface area (Å²) in [4.78, 5) is 43.8. The van der Waals surface area contributed by atoms with Crippen molar-refractivity contribution in [2.24, 2.45) is 5.92 Å². The van der Waals surface area contributed by atoms with Crippen LogP contribution >= 0.6 is 0 Å². The third kappa shape index (κ3) is 7.58. The van der Waals surface area contributed by atoms with Crippen LogP contribution in [0.3, 0.4) is 0 Å². The van der Waals surface area contributed by atoms with Gasteiger partial charge in [0.15, 0.2) is 0 Å². The van der Waals surface area contributed by atoms with E-state index in [0.29, 0.717) is 5.69 Å². The number of benzene rings is 3. The van der Waals surface area contributed by atoms with Crippen LogP contribution in [0.15, 0.2) is 72.8 Å². The van der Waals surface area contributed by atoms with Crippen molar-refractivity contribution in [3.05, 3.63) is 101 Å². The van der Waals surface area contributed by atoms with Gasteiger partial charge in [0.25, 0.3) is 5.91 Å². The molecule has 0 saturated heterocycles. The van der Waals surface area contributed by atoms with Crippen LogP contribution in [0.5, 0.6) is 0 Å². The van der Waals surface area contributed by atoms with Gasteiger partial charge in [-0.1, -0.05) is 73.7 Å². The molecule has 0 radical (unpaired) electrons. The first kappa shape index (κ1) is 30.8. The maximum atomic E-state index is 14.7. The molecule has 1 aliphatic rings. The number of ether oxygens (including phenoxy) is 1. The topological polar surface area (TPSA) is 87.7 Å². The minimum absolute atomic E-state index is 0.150. The van der Waals surface area contributed by atoms with Gasteiger partial charge in [0, 0.05) is 18.2 Å². The van der Waals surface area contributed by atoms with Crippen molar-refractivity contribution in [2.75, 3.05) is 5.32 Å². The fourth-order valence-corrected chi connectivity index (χ4v) is 5.42. The van der Waals surface area contributed by atoms with Gasteiger partial charge in [0.05, 0.1) is 0 Å². The molecule has 3 amide bonds. The van der Waals surface area contributed by atoms with Crippen LogP contribution in [0.4, 0.5) is 10.5 Å². The molecule has 1 saturated carbocycles. The quantitative estimate of drug-likeness (QED) is 0.302. The van der Waals surface area contributed by atoms with Crippen molar-refractivity contribution in [2.45, 2.75) is 85.0 Å². The van der Waals surface area contributed by atoms with Crippen LogP contribution in [-0.2, 0) is 20.7 Å². The monoisotopic (exact) mass is 569 g/mol. The fourth-order valence-electron chi connectivity index (χ4n) is 5.42. The molecule has 42 heavy (non-hydrogen) atoms. The molecule has 222 valence electrons. The number of amides is 3. The molecule has 0 aliphatic heterocycles. The summed E-state index contributed by atoms with van der Waals surface area (Å²) < 4.78 is 5.56. The zero-order chi connectivity index (χ0) is 30.6. The molecule has 0 spiro atoms. The van der Waals surface area contributed by atoms with Crippen LogP contribution in [-0.4, -0.2) is 40.5 Å². The van der Waals surface area contributed by atoms with Gasteiger partial charge in [0.2, 0.25) is 5.91 Å². The maximum absolute atomic E-state index is 14.7. The molecule has 1 fully saturated rings. The number of para-hydroxylation sites is 1. The number of carbonyl (C=O) groups is 3. The number of aryl methyl sites for hydroxylation is 3. The minimum Gasteiger partial charge on any atom is -0.444 e. The lowest BCUT2D eigenvalue weighted by Gasteiger charge is -2.36. The summed E-state index contributed by atoms with van der Waals surface area (Å²) in [6, 6.07) is 21.1. The van der Waals surface area contributed by atoms with Crippen molar-refractivity contribution in [1.82, 2.24) is 10.2 Å². The fraction of sp³-hybridized carbons (Fsp3) is 0.400. The van der Waals surface area contributed by atoms with Crippen LogP contribution < -0.4 is 10.6 Å². The number of anilines is 1. The standard InChI is InChI=1S/C35H43N3O4/c1-22-14-11-12-19-27(22)36-32(39)31(30-23(2)15-13-16-24(30)3)38(29-20-25(29)4)33(40)28(21-26-17-9-8-10-18-26)37-34(41)42-35(5,6)7/h8-19,25,28-29,31H,20-21H2,1-7H3,(H,36,39)(H,37,41). The lowest BCUT2D eigenvalue weighted by molar-refractivity contribution is -0.141. The third-order valence-corrected chi connectivity index (χ3v) is 7.70. The summed E-state index contributed by atoms with van der Waals surface area (Å²) in [5, 5.41) is 5.96. The number of alkyl carbamates (subject to hydrolysis) is 1. The Hall–Kier alpha value is -4.13. The Kier molecular flexibility index (Phi) is 9.40. The molecular weight excluding hydrogens is 526 g/mol. The Morgan fingerprint density at radius 2 is 1.45 bits per heavy atom. The van der Waals surface area contributed by atoms with E-state index in [4.69, 9.17) is 4.74 Å². The van der Waals surface area contributed by atoms with Gasteiger partial charge in [-0.05, 0) is 87.8 Å². The van der Waals surface area contributed by atoms with Gasteiger partial charge < -0.3 is 20.3 Å². The van der Waals surface area contributed by atoms with Crippen LogP contribution in [0.1, 0.15) is 68.0 Å². The second-order valence-electron chi connectivity index (χ2n) is 12.4. The summed E-state index contributed by atoms with van der Waals surface area (Å²) in [7, 11) is 0. The average Bonchev–Trinajstić information content (AvgIpc) is 3.63. The highest BCUT2D eigenvalue weighted by Crippen LogP contribution is 2.42. The van der Waals surface area contributed by atoms with Gasteiger partial charge in [-0.25, -0.2) is 4.79 Å². The first-order valence-corrected chi connectivity index (χ1v) is 14.6. The first-order valence-electron chi connectivity index (χ1n) is 14.6. The average molecular weight is 570 g/mol. The van der Waals surface area contributed by atoms with Gasteiger partial charge in [-0.3, -0.25) is 9.59 Å². The number of rotatable bonds is 9. The van der Waals surface area contributed by atoms with Gasteiger partial charge >= 0.3 is 6.09 Å². The summed E-state index contributed by atoms with van der Waals surface area (Å²) in [5.41, 5.74) is 4.43. The molecule has 0 aromatic heterocycles. The lowest BCUT2D eigenvalue weighted by Crippen LogP contribution is -2.54. The van der Waals surface area contributed by atoms with E-state index in [1.54, 1.807) is 25.7 Å². The molecule has 4 atom stereocenters. The molecule has 0 heterocycles. The van der Waals surface area contributed by atoms with E-state index in [9.17, 15) is 14.4 Å². The third-order valence-electron chi connectivity index (χ3n) is 7.70. The summed E-state index contributed by atoms with van der Waals surface area (Å²) in [6.45, 7) is 13.3. The Balaban J connectivity index is 1.79. The highest BCUT2D eigenvalue weighted by molar-refractivity contribution is 6.00. The van der Waals surface area contributed by atoms with Crippen molar-refractivity contribution < 1.29 is 19.1 Å². The predicted octanol–water partition coefficient (Wildman–Crippen LogP) is 6.66. The SMILES string of the molecule is Cc1ccccc1NC(=O)C(c1c(C)cccc1C)N(C(=O)C(Cc1ccccc1)NC(=O)OC(C)(C)C)C1CC1C. The van der Waals surface area contributed by atoms with E-state index >= 15 is 0 Å². The molecule has 7 nitrogen and oxygen atoms in total. The second-order valence-corrected chi connectivity index (χ2v) is 12.4. The number of nitrogens with zero attached hydrogens (tertiary/aromatic N) is 1. The molecule has 4 rings (SSSR count). The zero-order valence-corrected chi connectivity index (χ0v) is 25.7. The number of carbonyl (C=O) groups excluding carboxylic acids is 3. The summed E-state index contributed by atoms with van der Waals surface area (Å²) >= 11 is 0. The van der Waals surface area contributed by atoms with E-state index in [2.05, 4.69) is 17.6 Å². The number of nitrogens with one attached hydrogen (secondary N) is 2. The molecule has 3 aromatic rings. The van der Waals surface area contributed by atoms with Crippen molar-refractivity contribution in [3.63, 3.8) is 0 Å². The molecule has 3 aromatic carbocycles. The molecular formula is C35H43N3O4. The van der Waals surface area contributed by atoms with Crippen LogP contribution in [0, 0.1) is 26.7 Å². The normalized spacial score (nSPS) is 17.5. The van der Waals surface area contributed by atoms with E-state index in [1.807, 2.05) is 93.6 Å². The largest absolute Gasteiger partial charge is 0.444 e. The van der Waals surface area contributed by atoms with Crippen LogP contribution in [0.25, 0.3) is 0 Å². The Labute approximate surface area is 249 Å². The Morgan fingerprint density at radius 1 is 0.881 bits per heavy atom. The second kappa shape index (κ2) is 12.8. The highest BCUT2D eigenvalue weighted by Gasteiger charge is 2.49. The van der Waals surface area contributed by atoms with Gasteiger partial charge in [-0.15, -0.1) is 0 Å². The first-order chi connectivity index (χ1) is 19.9. The minimum atomic E-state index is -0.937. The van der Waals surface area contributed by atoms with Crippen LogP contribution in [0.2, 0.25) is 0 Å². The van der Waals surface area contributed by atoms with E-state index in [-0.39, 0.29) is 30.2 Å². The Bertz CT molecular complexity index is 1410. The van der Waals surface area contributed by atoms with Crippen molar-refractivity contribution in [3.8, 4) is 0 Å². The van der Waals surface area contributed by atoms with Gasteiger partial charge in [0.1, 0.15) is 17.7 Å². The Morgan fingerprint density at radius 3 is 2.02 bits per heavy atom. The van der Waals surface area contributed by atoms with Crippen molar-refractivity contribution >= 4 is 23.6 Å². The highest BCUT2D eigenvalue weighted by atomic mass is 16.6. The van der Waals surface area contributed by atoms with E-state index < -0.39 is 23.8 Å². The molecule has 4 unspecified atom stereocenters. The smallest absolute Gasteiger partial charge is 0.408 e. The molecule has 7 heteroatoms. The predicted molar refractivity (Wildman–Crippen MR) is 166 cm³/mol. The maximum Gasteiger partial charge on any atom is 0.408 e. The number of hydrogen-bond acceptors (Lipinski definition) is 4. The summed E-state index contributed by atoms with van der Waals surface area (Å²) in [5.74, 6) is -0.387. The van der Waals surface area contributed by atoms with E-state index in [0.717, 1.165) is 34.2 Å². The molecule has 1 aliphatic carbocycles. The molecule has 2 N–H and O–H groups in total. The van der Waals surface area contributed by atoms with E-state index in [1.165, 1.54) is 0 Å². The van der Waals surface area contributed by atoms with Gasteiger partial charge in [-0.2, -0.15) is 0 Å². The lowest BCUT2D eigenvalue weighted by atomic mass is 9.92. The molecule has 0 bridgehead atoms.